The summed E-state index contributed by atoms with van der Waals surface area (Å²) in [5.41, 5.74) is 3.39. The van der Waals surface area contributed by atoms with Crippen molar-refractivity contribution in [2.75, 3.05) is 11.5 Å². The maximum absolute atomic E-state index is 5.60. The van der Waals surface area contributed by atoms with Gasteiger partial charge in [-0.3, -0.25) is 4.90 Å². The summed E-state index contributed by atoms with van der Waals surface area (Å²) >= 11 is 0. The monoisotopic (exact) mass is 335 g/mol. The molecule has 0 amide bonds. The number of ether oxygens (including phenoxy) is 1. The first kappa shape index (κ1) is 15.7. The number of rotatable bonds is 4. The van der Waals surface area contributed by atoms with E-state index in [1.54, 1.807) is 0 Å². The molecule has 0 fully saturated rings. The molecule has 0 aliphatic carbocycles. The molecule has 25 heavy (non-hydrogen) atoms. The van der Waals surface area contributed by atoms with E-state index in [2.05, 4.69) is 40.2 Å². The standard InChI is InChI=1S/C20H21N3O2/c1-3-24-17-12-10-16(11-13-17)19-21-20(25-22-19)23-14(2)8-9-15-6-4-5-7-18(15)23/h4-7,10-14H,3,8-9H2,1-2H3. The van der Waals surface area contributed by atoms with E-state index in [1.807, 2.05) is 37.3 Å². The van der Waals surface area contributed by atoms with E-state index in [0.29, 0.717) is 24.5 Å². The second-order valence-electron chi connectivity index (χ2n) is 6.24. The van der Waals surface area contributed by atoms with Crippen molar-refractivity contribution in [1.29, 1.82) is 0 Å². The van der Waals surface area contributed by atoms with Crippen LogP contribution in [0.4, 0.5) is 11.7 Å². The summed E-state index contributed by atoms with van der Waals surface area (Å²) in [6.45, 7) is 4.81. The molecule has 0 saturated carbocycles. The number of benzene rings is 2. The van der Waals surface area contributed by atoms with E-state index in [0.717, 1.165) is 29.8 Å². The summed E-state index contributed by atoms with van der Waals surface area (Å²) in [4.78, 5) is 6.78. The highest BCUT2D eigenvalue weighted by Crippen LogP contribution is 2.36. The summed E-state index contributed by atoms with van der Waals surface area (Å²) in [5.74, 6) is 1.43. The highest BCUT2D eigenvalue weighted by Gasteiger charge is 2.28. The normalized spacial score (nSPS) is 16.6. The Kier molecular flexibility index (Phi) is 4.14. The number of para-hydroxylation sites is 1. The zero-order valence-electron chi connectivity index (χ0n) is 14.5. The minimum absolute atomic E-state index is 0.323. The Hall–Kier alpha value is -2.82. The molecule has 5 heteroatoms. The van der Waals surface area contributed by atoms with Gasteiger partial charge in [-0.05, 0) is 62.6 Å². The molecule has 1 aromatic heterocycles. The van der Waals surface area contributed by atoms with E-state index in [4.69, 9.17) is 9.26 Å². The van der Waals surface area contributed by atoms with Gasteiger partial charge in [0.2, 0.25) is 5.82 Å². The Morgan fingerprint density at radius 3 is 2.76 bits per heavy atom. The number of fused-ring (bicyclic) bond motifs is 1. The van der Waals surface area contributed by atoms with Crippen LogP contribution in [-0.2, 0) is 6.42 Å². The largest absolute Gasteiger partial charge is 0.494 e. The van der Waals surface area contributed by atoms with Crippen LogP contribution in [0.15, 0.2) is 53.1 Å². The lowest BCUT2D eigenvalue weighted by Crippen LogP contribution is -2.33. The van der Waals surface area contributed by atoms with Gasteiger partial charge in [0.1, 0.15) is 5.75 Å². The van der Waals surface area contributed by atoms with Crippen LogP contribution >= 0.6 is 0 Å². The number of nitrogens with zero attached hydrogens (tertiary/aromatic N) is 3. The highest BCUT2D eigenvalue weighted by atomic mass is 16.5. The van der Waals surface area contributed by atoms with Crippen LogP contribution in [0.25, 0.3) is 11.4 Å². The molecule has 0 N–H and O–H groups in total. The van der Waals surface area contributed by atoms with Crippen molar-refractivity contribution in [1.82, 2.24) is 10.1 Å². The van der Waals surface area contributed by atoms with Crippen LogP contribution in [-0.4, -0.2) is 22.8 Å². The third-order valence-electron chi connectivity index (χ3n) is 4.57. The Labute approximate surface area is 147 Å². The molecule has 5 nitrogen and oxygen atoms in total. The Morgan fingerprint density at radius 2 is 1.96 bits per heavy atom. The van der Waals surface area contributed by atoms with Crippen molar-refractivity contribution in [3.8, 4) is 17.1 Å². The number of anilines is 2. The lowest BCUT2D eigenvalue weighted by atomic mass is 9.97. The zero-order valence-corrected chi connectivity index (χ0v) is 14.5. The third-order valence-corrected chi connectivity index (χ3v) is 4.57. The average molecular weight is 335 g/mol. The van der Waals surface area contributed by atoms with Crippen LogP contribution in [0.2, 0.25) is 0 Å². The SMILES string of the molecule is CCOc1ccc(-c2noc(N3c4ccccc4CCC3C)n2)cc1. The van der Waals surface area contributed by atoms with Crippen molar-refractivity contribution in [2.45, 2.75) is 32.7 Å². The van der Waals surface area contributed by atoms with Gasteiger partial charge in [0.25, 0.3) is 0 Å². The van der Waals surface area contributed by atoms with Gasteiger partial charge in [-0.15, -0.1) is 0 Å². The van der Waals surface area contributed by atoms with E-state index in [-0.39, 0.29) is 0 Å². The Balaban J connectivity index is 1.65. The molecule has 3 aromatic rings. The smallest absolute Gasteiger partial charge is 0.329 e. The van der Waals surface area contributed by atoms with E-state index < -0.39 is 0 Å². The van der Waals surface area contributed by atoms with Gasteiger partial charge < -0.3 is 9.26 Å². The topological polar surface area (TPSA) is 51.4 Å². The van der Waals surface area contributed by atoms with Gasteiger partial charge in [0.15, 0.2) is 0 Å². The first-order chi connectivity index (χ1) is 12.3. The highest BCUT2D eigenvalue weighted by molar-refractivity contribution is 5.65. The predicted octanol–water partition coefficient (Wildman–Crippen LogP) is 4.61. The molecule has 0 bridgehead atoms. The fourth-order valence-electron chi connectivity index (χ4n) is 3.28. The van der Waals surface area contributed by atoms with Crippen molar-refractivity contribution in [3.05, 3.63) is 54.1 Å². The second kappa shape index (κ2) is 6.59. The molecule has 1 unspecified atom stereocenters. The number of aromatic nitrogens is 2. The van der Waals surface area contributed by atoms with Gasteiger partial charge in [0.05, 0.1) is 6.61 Å². The van der Waals surface area contributed by atoms with Crippen LogP contribution < -0.4 is 9.64 Å². The van der Waals surface area contributed by atoms with Crippen LogP contribution in [0.1, 0.15) is 25.8 Å². The first-order valence-corrected chi connectivity index (χ1v) is 8.70. The van der Waals surface area contributed by atoms with Gasteiger partial charge >= 0.3 is 6.01 Å². The molecule has 1 atom stereocenters. The maximum Gasteiger partial charge on any atom is 0.329 e. The van der Waals surface area contributed by atoms with Gasteiger partial charge in [-0.2, -0.15) is 4.98 Å². The van der Waals surface area contributed by atoms with Crippen LogP contribution in [0.3, 0.4) is 0 Å². The van der Waals surface area contributed by atoms with Crippen LogP contribution in [0.5, 0.6) is 5.75 Å². The fourth-order valence-corrected chi connectivity index (χ4v) is 3.28. The average Bonchev–Trinajstić information content (AvgIpc) is 3.12. The first-order valence-electron chi connectivity index (χ1n) is 8.70. The van der Waals surface area contributed by atoms with E-state index in [1.165, 1.54) is 5.56 Å². The second-order valence-corrected chi connectivity index (χ2v) is 6.24. The summed E-state index contributed by atoms with van der Waals surface area (Å²) in [6, 6.07) is 17.0. The lowest BCUT2D eigenvalue weighted by Gasteiger charge is -2.33. The molecule has 2 heterocycles. The summed E-state index contributed by atoms with van der Waals surface area (Å²) in [7, 11) is 0. The molecule has 2 aromatic carbocycles. The molecule has 0 radical (unpaired) electrons. The van der Waals surface area contributed by atoms with Crippen molar-refractivity contribution in [3.63, 3.8) is 0 Å². The van der Waals surface area contributed by atoms with Gasteiger partial charge in [-0.25, -0.2) is 0 Å². The molecular weight excluding hydrogens is 314 g/mol. The zero-order chi connectivity index (χ0) is 17.2. The quantitative estimate of drug-likeness (QED) is 0.697. The lowest BCUT2D eigenvalue weighted by molar-refractivity contribution is 0.340. The molecular formula is C20H21N3O2. The molecule has 1 aliphatic rings. The van der Waals surface area contributed by atoms with Crippen LogP contribution in [0, 0.1) is 0 Å². The Morgan fingerprint density at radius 1 is 1.16 bits per heavy atom. The Bertz CT molecular complexity index is 857. The maximum atomic E-state index is 5.60. The fraction of sp³-hybridized carbons (Fsp3) is 0.300. The minimum Gasteiger partial charge on any atom is -0.494 e. The van der Waals surface area contributed by atoms with Crippen molar-refractivity contribution < 1.29 is 9.26 Å². The molecule has 128 valence electrons. The summed E-state index contributed by atoms with van der Waals surface area (Å²) in [6.07, 6.45) is 2.14. The van der Waals surface area contributed by atoms with Gasteiger partial charge in [-0.1, -0.05) is 23.4 Å². The number of aryl methyl sites for hydroxylation is 1. The molecule has 0 spiro atoms. The molecule has 4 rings (SSSR count). The van der Waals surface area contributed by atoms with Gasteiger partial charge in [0, 0.05) is 17.3 Å². The predicted molar refractivity (Wildman–Crippen MR) is 97.3 cm³/mol. The number of hydrogen-bond acceptors (Lipinski definition) is 5. The van der Waals surface area contributed by atoms with E-state index in [9.17, 15) is 0 Å². The minimum atomic E-state index is 0.323. The third kappa shape index (κ3) is 2.97. The number of hydrogen-bond donors (Lipinski definition) is 0. The summed E-state index contributed by atoms with van der Waals surface area (Å²) in [5, 5.41) is 4.18. The molecule has 0 saturated heterocycles. The van der Waals surface area contributed by atoms with E-state index >= 15 is 0 Å². The molecule has 1 aliphatic heterocycles. The van der Waals surface area contributed by atoms with Crippen molar-refractivity contribution in [2.24, 2.45) is 0 Å². The van der Waals surface area contributed by atoms with Crippen molar-refractivity contribution >= 4 is 11.7 Å². The summed E-state index contributed by atoms with van der Waals surface area (Å²) < 4.78 is 11.1.